The second kappa shape index (κ2) is 6.20. The molecule has 1 amide bonds. The Morgan fingerprint density at radius 3 is 2.68 bits per heavy atom. The van der Waals surface area contributed by atoms with Crippen LogP contribution in [0.5, 0.6) is 0 Å². The van der Waals surface area contributed by atoms with Gasteiger partial charge in [-0.05, 0) is 36.2 Å². The Labute approximate surface area is 116 Å². The summed E-state index contributed by atoms with van der Waals surface area (Å²) in [5, 5.41) is 3.49. The minimum absolute atomic E-state index is 0.257. The van der Waals surface area contributed by atoms with Gasteiger partial charge in [-0.1, -0.05) is 23.7 Å². The van der Waals surface area contributed by atoms with Crippen LogP contribution in [-0.4, -0.2) is 17.4 Å². The summed E-state index contributed by atoms with van der Waals surface area (Å²) in [4.78, 5) is 15.8. The number of nitrogen functional groups attached to an aromatic ring is 1. The van der Waals surface area contributed by atoms with E-state index in [1.54, 1.807) is 18.3 Å². The monoisotopic (exact) mass is 275 g/mol. The summed E-state index contributed by atoms with van der Waals surface area (Å²) >= 11 is 5.80. The zero-order chi connectivity index (χ0) is 13.7. The Morgan fingerprint density at radius 2 is 2.00 bits per heavy atom. The van der Waals surface area contributed by atoms with Crippen molar-refractivity contribution in [3.05, 3.63) is 58.9 Å². The number of carbonyl (C=O) groups is 1. The first kappa shape index (κ1) is 13.4. The van der Waals surface area contributed by atoms with Gasteiger partial charge in [-0.2, -0.15) is 0 Å². The Kier molecular flexibility index (Phi) is 4.36. The second-order valence-corrected chi connectivity index (χ2v) is 4.51. The van der Waals surface area contributed by atoms with Crippen molar-refractivity contribution in [1.82, 2.24) is 10.3 Å². The smallest absolute Gasteiger partial charge is 0.272 e. The molecule has 0 fully saturated rings. The van der Waals surface area contributed by atoms with Gasteiger partial charge in [0.25, 0.3) is 5.91 Å². The topological polar surface area (TPSA) is 68.0 Å². The van der Waals surface area contributed by atoms with Crippen LogP contribution in [-0.2, 0) is 6.42 Å². The third-order valence-corrected chi connectivity index (χ3v) is 2.92. The molecule has 0 aliphatic heterocycles. The lowest BCUT2D eigenvalue weighted by molar-refractivity contribution is 0.0950. The summed E-state index contributed by atoms with van der Waals surface area (Å²) in [5.41, 5.74) is 7.44. The van der Waals surface area contributed by atoms with Crippen LogP contribution in [0.4, 0.5) is 5.69 Å². The maximum Gasteiger partial charge on any atom is 0.272 e. The standard InChI is InChI=1S/C14H14ClN3O/c15-11-5-3-10(4-6-11)7-9-18-14(19)13-12(16)2-1-8-17-13/h1-6,8H,7,9,16H2,(H,18,19). The van der Waals surface area contributed by atoms with E-state index >= 15 is 0 Å². The largest absolute Gasteiger partial charge is 0.397 e. The fourth-order valence-electron chi connectivity index (χ4n) is 1.66. The molecule has 19 heavy (non-hydrogen) atoms. The van der Waals surface area contributed by atoms with E-state index in [9.17, 15) is 4.79 Å². The first-order valence-electron chi connectivity index (χ1n) is 5.90. The van der Waals surface area contributed by atoms with E-state index in [-0.39, 0.29) is 11.6 Å². The number of rotatable bonds is 4. The molecule has 0 unspecified atom stereocenters. The fourth-order valence-corrected chi connectivity index (χ4v) is 1.79. The molecule has 0 bridgehead atoms. The highest BCUT2D eigenvalue weighted by Gasteiger charge is 2.09. The first-order chi connectivity index (χ1) is 9.16. The number of amides is 1. The number of nitrogens with two attached hydrogens (primary N) is 1. The average Bonchev–Trinajstić information content (AvgIpc) is 2.41. The van der Waals surface area contributed by atoms with Gasteiger partial charge in [0.2, 0.25) is 0 Å². The minimum atomic E-state index is -0.257. The predicted octanol–water partition coefficient (Wildman–Crippen LogP) is 2.29. The van der Waals surface area contributed by atoms with Crippen LogP contribution in [0, 0.1) is 0 Å². The van der Waals surface area contributed by atoms with Crippen molar-refractivity contribution < 1.29 is 4.79 Å². The third-order valence-electron chi connectivity index (χ3n) is 2.67. The van der Waals surface area contributed by atoms with Gasteiger partial charge in [0.05, 0.1) is 5.69 Å². The van der Waals surface area contributed by atoms with E-state index in [0.717, 1.165) is 12.0 Å². The number of halogens is 1. The highest BCUT2D eigenvalue weighted by Crippen LogP contribution is 2.10. The maximum atomic E-state index is 11.8. The number of hydrogen-bond donors (Lipinski definition) is 2. The molecule has 4 nitrogen and oxygen atoms in total. The second-order valence-electron chi connectivity index (χ2n) is 4.07. The number of anilines is 1. The van der Waals surface area contributed by atoms with E-state index < -0.39 is 0 Å². The van der Waals surface area contributed by atoms with E-state index in [4.69, 9.17) is 17.3 Å². The summed E-state index contributed by atoms with van der Waals surface area (Å²) in [6, 6.07) is 10.9. The van der Waals surface area contributed by atoms with Gasteiger partial charge in [-0.25, -0.2) is 4.98 Å². The Balaban J connectivity index is 1.88. The molecule has 2 rings (SSSR count). The molecule has 0 saturated heterocycles. The SMILES string of the molecule is Nc1cccnc1C(=O)NCCc1ccc(Cl)cc1. The van der Waals surface area contributed by atoms with Gasteiger partial charge < -0.3 is 11.1 Å². The van der Waals surface area contributed by atoms with Crippen LogP contribution >= 0.6 is 11.6 Å². The van der Waals surface area contributed by atoms with Gasteiger partial charge in [0, 0.05) is 17.8 Å². The van der Waals surface area contributed by atoms with Crippen LogP contribution in [0.15, 0.2) is 42.6 Å². The van der Waals surface area contributed by atoms with Crippen LogP contribution in [0.1, 0.15) is 16.1 Å². The quantitative estimate of drug-likeness (QED) is 0.900. The molecule has 3 N–H and O–H groups in total. The molecular formula is C14H14ClN3O. The normalized spacial score (nSPS) is 10.2. The number of carbonyl (C=O) groups excluding carboxylic acids is 1. The van der Waals surface area contributed by atoms with Crippen molar-refractivity contribution in [2.75, 3.05) is 12.3 Å². The number of benzene rings is 1. The molecule has 1 aromatic carbocycles. The zero-order valence-corrected chi connectivity index (χ0v) is 11.0. The van der Waals surface area contributed by atoms with Crippen molar-refractivity contribution in [3.63, 3.8) is 0 Å². The lowest BCUT2D eigenvalue weighted by Gasteiger charge is -2.06. The lowest BCUT2D eigenvalue weighted by Crippen LogP contribution is -2.27. The molecule has 0 radical (unpaired) electrons. The zero-order valence-electron chi connectivity index (χ0n) is 10.3. The highest BCUT2D eigenvalue weighted by molar-refractivity contribution is 6.30. The third kappa shape index (κ3) is 3.69. The molecule has 5 heteroatoms. The number of nitrogens with zero attached hydrogens (tertiary/aromatic N) is 1. The van der Waals surface area contributed by atoms with Gasteiger partial charge in [-0.3, -0.25) is 4.79 Å². The highest BCUT2D eigenvalue weighted by atomic mass is 35.5. The first-order valence-corrected chi connectivity index (χ1v) is 6.28. The van der Waals surface area contributed by atoms with Gasteiger partial charge in [-0.15, -0.1) is 0 Å². The molecule has 1 heterocycles. The predicted molar refractivity (Wildman–Crippen MR) is 76.1 cm³/mol. The van der Waals surface area contributed by atoms with E-state index in [1.807, 2.05) is 24.3 Å². The van der Waals surface area contributed by atoms with E-state index in [2.05, 4.69) is 10.3 Å². The number of hydrogen-bond acceptors (Lipinski definition) is 3. The molecule has 0 aliphatic carbocycles. The molecule has 0 aliphatic rings. The van der Waals surface area contributed by atoms with Crippen molar-refractivity contribution in [3.8, 4) is 0 Å². The van der Waals surface area contributed by atoms with Gasteiger partial charge in [0.15, 0.2) is 5.69 Å². The summed E-state index contributed by atoms with van der Waals surface area (Å²) < 4.78 is 0. The Morgan fingerprint density at radius 1 is 1.26 bits per heavy atom. The summed E-state index contributed by atoms with van der Waals surface area (Å²) in [6.07, 6.45) is 2.28. The summed E-state index contributed by atoms with van der Waals surface area (Å²) in [7, 11) is 0. The van der Waals surface area contributed by atoms with Crippen LogP contribution in [0.3, 0.4) is 0 Å². The fraction of sp³-hybridized carbons (Fsp3) is 0.143. The van der Waals surface area contributed by atoms with Crippen LogP contribution in [0.25, 0.3) is 0 Å². The van der Waals surface area contributed by atoms with Crippen LogP contribution < -0.4 is 11.1 Å². The van der Waals surface area contributed by atoms with E-state index in [0.29, 0.717) is 17.3 Å². The average molecular weight is 276 g/mol. The molecule has 98 valence electrons. The summed E-state index contributed by atoms with van der Waals surface area (Å²) in [6.45, 7) is 0.524. The summed E-state index contributed by atoms with van der Waals surface area (Å²) in [5.74, 6) is -0.257. The van der Waals surface area contributed by atoms with Crippen molar-refractivity contribution in [1.29, 1.82) is 0 Å². The van der Waals surface area contributed by atoms with Crippen molar-refractivity contribution in [2.24, 2.45) is 0 Å². The molecule has 0 atom stereocenters. The van der Waals surface area contributed by atoms with Crippen molar-refractivity contribution >= 4 is 23.2 Å². The maximum absolute atomic E-state index is 11.8. The molecule has 0 saturated carbocycles. The molecule has 0 spiro atoms. The Hall–Kier alpha value is -2.07. The van der Waals surface area contributed by atoms with Crippen molar-refractivity contribution in [2.45, 2.75) is 6.42 Å². The molecule has 1 aromatic heterocycles. The van der Waals surface area contributed by atoms with Gasteiger partial charge >= 0.3 is 0 Å². The number of nitrogens with one attached hydrogen (secondary N) is 1. The number of aromatic nitrogens is 1. The molecular weight excluding hydrogens is 262 g/mol. The lowest BCUT2D eigenvalue weighted by atomic mass is 10.1. The molecule has 2 aromatic rings. The number of pyridine rings is 1. The minimum Gasteiger partial charge on any atom is -0.397 e. The van der Waals surface area contributed by atoms with E-state index in [1.165, 1.54) is 0 Å². The van der Waals surface area contributed by atoms with Gasteiger partial charge in [0.1, 0.15) is 0 Å². The van der Waals surface area contributed by atoms with Crippen LogP contribution in [0.2, 0.25) is 5.02 Å². The Bertz CT molecular complexity index is 569.